The molecule has 144 valence electrons. The van der Waals surface area contributed by atoms with Crippen LogP contribution in [-0.2, 0) is 20.1 Å². The molecule has 2 atom stereocenters. The van der Waals surface area contributed by atoms with Crippen molar-refractivity contribution in [3.8, 4) is 0 Å². The fourth-order valence-corrected chi connectivity index (χ4v) is 6.23. The van der Waals surface area contributed by atoms with Crippen LogP contribution in [0.2, 0.25) is 0 Å². The second-order valence-corrected chi connectivity index (χ2v) is 9.02. The van der Waals surface area contributed by atoms with Gasteiger partial charge in [-0.15, -0.1) is 11.8 Å². The molecule has 0 saturated carbocycles. The Morgan fingerprint density at radius 2 is 2.37 bits per heavy atom. The quantitative estimate of drug-likeness (QED) is 0.297. The Hall–Kier alpha value is -1.69. The van der Waals surface area contributed by atoms with Gasteiger partial charge in [0.1, 0.15) is 17.1 Å². The molecule has 0 radical (unpaired) electrons. The number of fused-ring (bicyclic) bond motifs is 1. The number of nitrogens with zero attached hydrogens (tertiary/aromatic N) is 2. The molecule has 0 unspecified atom stereocenters. The predicted octanol–water partition coefficient (Wildman–Crippen LogP) is 0.692. The highest BCUT2D eigenvalue weighted by Gasteiger charge is 2.53. The molecular formula is C16H18N4O4S3. The molecule has 3 rings (SSSR count). The lowest BCUT2D eigenvalue weighted by molar-refractivity contribution is -0.149. The van der Waals surface area contributed by atoms with Crippen molar-refractivity contribution in [2.75, 3.05) is 18.1 Å². The molecule has 2 aliphatic rings. The second kappa shape index (κ2) is 9.00. The fourth-order valence-electron chi connectivity index (χ4n) is 2.78. The number of pyridine rings is 1. The maximum atomic E-state index is 12.3. The minimum absolute atomic E-state index is 0.0119. The number of rotatable bonds is 9. The maximum Gasteiger partial charge on any atom is 0.353 e. The van der Waals surface area contributed by atoms with Crippen LogP contribution in [0.1, 0.15) is 5.56 Å². The zero-order valence-electron chi connectivity index (χ0n) is 14.2. The van der Waals surface area contributed by atoms with Crippen LogP contribution in [0.4, 0.5) is 0 Å². The van der Waals surface area contributed by atoms with E-state index >= 15 is 0 Å². The van der Waals surface area contributed by atoms with Crippen LogP contribution in [0.15, 0.2) is 34.0 Å². The van der Waals surface area contributed by atoms with Crippen molar-refractivity contribution < 1.29 is 19.5 Å². The van der Waals surface area contributed by atoms with Gasteiger partial charge in [0, 0.05) is 46.0 Å². The van der Waals surface area contributed by atoms with Gasteiger partial charge in [-0.2, -0.15) is 11.8 Å². The summed E-state index contributed by atoms with van der Waals surface area (Å²) in [5.41, 5.74) is 6.57. The van der Waals surface area contributed by atoms with Gasteiger partial charge < -0.3 is 16.2 Å². The molecule has 2 aliphatic heterocycles. The standard InChI is InChI=1S/C16H18N4O4S3/c17-2-4-25-6-9-1-3-18-5-10(9)27-11-7-26-15-12(19-8-21)14(22)20(15)13(11)16(23)24/h1,3,5,8,12,15H,2,4,6-7,17H2,(H,19,21)(H,23,24)/t12-,15-/m1/s1. The van der Waals surface area contributed by atoms with E-state index in [1.807, 2.05) is 6.07 Å². The van der Waals surface area contributed by atoms with E-state index in [4.69, 9.17) is 5.73 Å². The molecule has 3 heterocycles. The molecule has 27 heavy (non-hydrogen) atoms. The van der Waals surface area contributed by atoms with Crippen molar-refractivity contribution in [1.29, 1.82) is 0 Å². The summed E-state index contributed by atoms with van der Waals surface area (Å²) in [5, 5.41) is 11.8. The lowest BCUT2D eigenvalue weighted by Gasteiger charge is -2.48. The molecule has 1 saturated heterocycles. The molecule has 8 nitrogen and oxygen atoms in total. The van der Waals surface area contributed by atoms with E-state index in [-0.39, 0.29) is 11.1 Å². The Balaban J connectivity index is 1.85. The van der Waals surface area contributed by atoms with Gasteiger partial charge in [0.25, 0.3) is 5.91 Å². The highest BCUT2D eigenvalue weighted by atomic mass is 32.2. The molecule has 0 aliphatic carbocycles. The van der Waals surface area contributed by atoms with E-state index in [1.165, 1.54) is 28.4 Å². The first kappa shape index (κ1) is 20.1. The number of carbonyl (C=O) groups excluding carboxylic acids is 2. The van der Waals surface area contributed by atoms with Gasteiger partial charge in [0.05, 0.1) is 0 Å². The summed E-state index contributed by atoms with van der Waals surface area (Å²) >= 11 is 4.47. The zero-order chi connectivity index (χ0) is 19.4. The molecular weight excluding hydrogens is 408 g/mol. The molecule has 1 aromatic heterocycles. The second-order valence-electron chi connectivity index (χ2n) is 5.68. The van der Waals surface area contributed by atoms with Gasteiger partial charge >= 0.3 is 5.97 Å². The summed E-state index contributed by atoms with van der Waals surface area (Å²) in [6.45, 7) is 0.595. The minimum atomic E-state index is -1.15. The van der Waals surface area contributed by atoms with Crippen LogP contribution in [0.3, 0.4) is 0 Å². The number of aliphatic carboxylic acids is 1. The number of thioether (sulfide) groups is 3. The summed E-state index contributed by atoms with van der Waals surface area (Å²) in [7, 11) is 0. The highest BCUT2D eigenvalue weighted by molar-refractivity contribution is 8.06. The first-order valence-corrected chi connectivity index (χ1v) is 11.1. The number of carboxylic acids is 1. The van der Waals surface area contributed by atoms with Crippen LogP contribution in [0.5, 0.6) is 0 Å². The van der Waals surface area contributed by atoms with Crippen LogP contribution < -0.4 is 11.1 Å². The first-order chi connectivity index (χ1) is 13.1. The summed E-state index contributed by atoms with van der Waals surface area (Å²) in [6, 6.07) is 1.24. The average Bonchev–Trinajstić information content (AvgIpc) is 2.67. The van der Waals surface area contributed by atoms with Gasteiger partial charge in [-0.05, 0) is 11.6 Å². The number of aromatic nitrogens is 1. The summed E-state index contributed by atoms with van der Waals surface area (Å²) in [4.78, 5) is 41.7. The monoisotopic (exact) mass is 426 g/mol. The van der Waals surface area contributed by atoms with E-state index in [1.54, 1.807) is 24.2 Å². The third kappa shape index (κ3) is 4.10. The topological polar surface area (TPSA) is 126 Å². The highest BCUT2D eigenvalue weighted by Crippen LogP contribution is 2.45. The number of hydrogen-bond acceptors (Lipinski definition) is 8. The van der Waals surface area contributed by atoms with Crippen LogP contribution >= 0.6 is 35.3 Å². The third-order valence-electron chi connectivity index (χ3n) is 4.01. The molecule has 0 bridgehead atoms. The Labute approximate surface area is 168 Å². The smallest absolute Gasteiger partial charge is 0.353 e. The largest absolute Gasteiger partial charge is 0.477 e. The number of β-lactam (4-membered cyclic amide) rings is 1. The van der Waals surface area contributed by atoms with Crippen molar-refractivity contribution in [2.24, 2.45) is 5.73 Å². The number of hydrogen-bond donors (Lipinski definition) is 3. The maximum absolute atomic E-state index is 12.3. The summed E-state index contributed by atoms with van der Waals surface area (Å²) < 4.78 is 0. The van der Waals surface area contributed by atoms with Crippen LogP contribution in [0, 0.1) is 0 Å². The lowest BCUT2D eigenvalue weighted by atomic mass is 10.1. The third-order valence-corrected chi connectivity index (χ3v) is 7.68. The number of nitrogens with one attached hydrogen (secondary N) is 1. The molecule has 1 fully saturated rings. The van der Waals surface area contributed by atoms with Gasteiger partial charge in [-0.25, -0.2) is 4.79 Å². The van der Waals surface area contributed by atoms with E-state index in [0.29, 0.717) is 23.6 Å². The van der Waals surface area contributed by atoms with Crippen molar-refractivity contribution in [1.82, 2.24) is 15.2 Å². The summed E-state index contributed by atoms with van der Waals surface area (Å²) in [6.07, 6.45) is 3.88. The SMILES string of the molecule is NCCSCc1ccncc1SC1=C(C(=O)O)N2C(=O)[C@@H](NC=O)[C@H]2SC1. The summed E-state index contributed by atoms with van der Waals surface area (Å²) in [5.74, 6) is 0.479. The molecule has 4 N–H and O–H groups in total. The fraction of sp³-hybridized carbons (Fsp3) is 0.375. The first-order valence-electron chi connectivity index (χ1n) is 8.07. The van der Waals surface area contributed by atoms with E-state index < -0.39 is 17.9 Å². The van der Waals surface area contributed by atoms with Crippen molar-refractivity contribution in [3.63, 3.8) is 0 Å². The van der Waals surface area contributed by atoms with E-state index in [2.05, 4.69) is 10.3 Å². The van der Waals surface area contributed by atoms with Gasteiger partial charge in [-0.1, -0.05) is 11.8 Å². The van der Waals surface area contributed by atoms with E-state index in [9.17, 15) is 19.5 Å². The Bertz CT molecular complexity index is 789. The zero-order valence-corrected chi connectivity index (χ0v) is 16.6. The molecule has 0 spiro atoms. The number of carboxylic acid groups (broad SMARTS) is 1. The Morgan fingerprint density at radius 3 is 3.07 bits per heavy atom. The van der Waals surface area contributed by atoms with Crippen molar-refractivity contribution in [2.45, 2.75) is 22.1 Å². The average molecular weight is 427 g/mol. The lowest BCUT2D eigenvalue weighted by Crippen LogP contribution is -2.69. The Morgan fingerprint density at radius 1 is 1.56 bits per heavy atom. The Kier molecular flexibility index (Phi) is 6.68. The predicted molar refractivity (Wildman–Crippen MR) is 106 cm³/mol. The van der Waals surface area contributed by atoms with E-state index in [0.717, 1.165) is 22.0 Å². The van der Waals surface area contributed by atoms with Gasteiger partial charge in [0.2, 0.25) is 6.41 Å². The van der Waals surface area contributed by atoms with Gasteiger partial charge in [-0.3, -0.25) is 19.5 Å². The number of nitrogens with two attached hydrogens (primary N) is 1. The number of carbonyl (C=O) groups is 3. The minimum Gasteiger partial charge on any atom is -0.477 e. The van der Waals surface area contributed by atoms with Crippen LogP contribution in [0.25, 0.3) is 0 Å². The molecule has 1 aromatic rings. The van der Waals surface area contributed by atoms with Crippen molar-refractivity contribution >= 4 is 53.6 Å². The van der Waals surface area contributed by atoms with Crippen LogP contribution in [-0.4, -0.2) is 62.7 Å². The number of amides is 2. The van der Waals surface area contributed by atoms with Crippen molar-refractivity contribution in [3.05, 3.63) is 34.6 Å². The van der Waals surface area contributed by atoms with Gasteiger partial charge in [0.15, 0.2) is 0 Å². The molecule has 11 heteroatoms. The molecule has 0 aromatic carbocycles. The normalized spacial score (nSPS) is 21.5. The molecule has 2 amide bonds.